The molecule has 0 bridgehead atoms. The topological polar surface area (TPSA) is 32.3 Å². The van der Waals surface area contributed by atoms with Crippen molar-refractivity contribution in [2.75, 3.05) is 0 Å². The van der Waals surface area contributed by atoms with Crippen molar-refractivity contribution in [2.24, 2.45) is 35.2 Å². The second kappa shape index (κ2) is 38.0. The Morgan fingerprint density at radius 1 is 0.266 bits per heavy atom. The van der Waals surface area contributed by atoms with Crippen molar-refractivity contribution in [2.45, 2.75) is 209 Å². The van der Waals surface area contributed by atoms with Gasteiger partial charge in [-0.15, -0.1) is 0 Å². The van der Waals surface area contributed by atoms with E-state index in [9.17, 15) is 0 Å². The van der Waals surface area contributed by atoms with Gasteiger partial charge in [-0.1, -0.05) is 167 Å². The van der Waals surface area contributed by atoms with Gasteiger partial charge in [0.2, 0.25) is 28.5 Å². The molecule has 0 amide bonds. The van der Waals surface area contributed by atoms with E-state index in [4.69, 9.17) is 12.3 Å². The molecule has 0 N–H and O–H groups in total. The molecule has 12 aromatic rings. The lowest BCUT2D eigenvalue weighted by atomic mass is 9.92. The molecule has 4 aliphatic carbocycles. The third-order valence-corrected chi connectivity index (χ3v) is 23.5. The Kier molecular flexibility index (Phi) is 23.9. The van der Waals surface area contributed by atoms with E-state index in [0.29, 0.717) is 11.3 Å². The number of pyridine rings is 6. The molecule has 0 atom stereocenters. The molecular formula is C103H125N6+5. The van der Waals surface area contributed by atoms with Crippen molar-refractivity contribution in [1.82, 2.24) is 4.98 Å². The molecule has 0 unspecified atom stereocenters. The predicted octanol–water partition coefficient (Wildman–Crippen LogP) is 24.0. The van der Waals surface area contributed by atoms with Gasteiger partial charge in [-0.25, -0.2) is 22.8 Å². The first kappa shape index (κ1) is 68.5. The Bertz CT molecular complexity index is 5420. The van der Waals surface area contributed by atoms with Crippen LogP contribution in [0.15, 0.2) is 231 Å². The van der Waals surface area contributed by atoms with Crippen LogP contribution in [0.4, 0.5) is 0 Å². The Morgan fingerprint density at radius 3 is 1.06 bits per heavy atom. The van der Waals surface area contributed by atoms with Crippen LogP contribution in [-0.2, 0) is 35.2 Å². The molecule has 4 fully saturated rings. The van der Waals surface area contributed by atoms with Gasteiger partial charge in [0, 0.05) is 111 Å². The van der Waals surface area contributed by atoms with Crippen LogP contribution in [0.25, 0.3) is 67.5 Å². The molecule has 6 heteroatoms. The zero-order valence-corrected chi connectivity index (χ0v) is 67.7. The number of hydrogen-bond donors (Lipinski definition) is 0. The molecule has 0 spiro atoms. The first-order valence-electron chi connectivity index (χ1n) is 44.6. The Balaban J connectivity index is 0.000000139. The van der Waals surface area contributed by atoms with Crippen LogP contribution >= 0.6 is 0 Å². The Hall–Kier alpha value is -9.78. The number of rotatable bonds is 10. The minimum absolute atomic E-state index is 0.121. The normalized spacial score (nSPS) is 15.9. The van der Waals surface area contributed by atoms with Crippen LogP contribution in [0, 0.1) is 82.9 Å². The van der Waals surface area contributed by atoms with E-state index in [2.05, 4.69) is 251 Å². The van der Waals surface area contributed by atoms with Crippen molar-refractivity contribution in [3.8, 4) is 67.5 Å². The monoisotopic (exact) mass is 1460 g/mol. The Morgan fingerprint density at radius 2 is 0.624 bits per heavy atom. The summed E-state index contributed by atoms with van der Waals surface area (Å²) in [6, 6.07) is 67.6. The second-order valence-corrected chi connectivity index (χ2v) is 31.5. The summed E-state index contributed by atoms with van der Waals surface area (Å²) in [7, 11) is 10.4. The van der Waals surface area contributed by atoms with E-state index in [1.165, 1.54) is 211 Å². The lowest BCUT2D eigenvalue weighted by Crippen LogP contribution is -2.32. The van der Waals surface area contributed by atoms with Gasteiger partial charge in [-0.3, -0.25) is 4.98 Å². The quantitative estimate of drug-likeness (QED) is 0.126. The van der Waals surface area contributed by atoms with Crippen molar-refractivity contribution < 1.29 is 35.2 Å². The molecule has 562 valence electrons. The average Bonchev–Trinajstić information content (AvgIpc) is 1.32. The maximum Gasteiger partial charge on any atom is 0.212 e. The standard InChI is InChI=1S/2C19H24N.2C18H22N.C15H18N.C14H15N/c1-14-8-4-7-11-17(14)19-12-18(15(2)13-20(19)3)16-9-5-6-10-16;1-14-8-4-7-11-17(14)19-12-15(2)18(13-20(19)3)16-9-5-6-10-16;1-14-7-3-6-10-17(14)18-13-16(11-12-19(18)2)15-8-4-5-9-15;1-14-7-3-6-10-17(14)18-12-11-16(13-19(18)2)15-8-4-5-9-15;1-11-7-5-6-8-14(11)15-9-12(2)13(3)10-16(15)4;1-10-6-4-5-7-13(10)14-8-11(2)12(3)9-15-14/h2*4,7-8,11-13,16H,5-6,9-10H2,1-3H3;2*3,6-7,10-13,15H,4-5,8-9H2,1-2H3;5-10H,1-4H3;4-9H,1-3H3/q5*+1;/i;;;;2D3,3D3;3D3. The number of hydrogen-bond acceptors (Lipinski definition) is 1. The van der Waals surface area contributed by atoms with Gasteiger partial charge in [-0.2, -0.15) is 0 Å². The zero-order chi connectivity index (χ0) is 84.8. The van der Waals surface area contributed by atoms with Gasteiger partial charge < -0.3 is 0 Å². The third-order valence-electron chi connectivity index (χ3n) is 23.5. The molecular weight excluding hydrogens is 1320 g/mol. The van der Waals surface area contributed by atoms with Crippen molar-refractivity contribution >= 4 is 0 Å². The maximum absolute atomic E-state index is 7.65. The van der Waals surface area contributed by atoms with E-state index in [0.717, 1.165) is 57.2 Å². The highest BCUT2D eigenvalue weighted by molar-refractivity contribution is 5.67. The molecule has 6 aromatic heterocycles. The summed E-state index contributed by atoms with van der Waals surface area (Å²) in [4.78, 5) is 4.28. The largest absolute Gasteiger partial charge is 0.256 e. The maximum atomic E-state index is 7.65. The zero-order valence-electron chi connectivity index (χ0n) is 76.7. The van der Waals surface area contributed by atoms with Crippen LogP contribution in [-0.4, -0.2) is 4.98 Å². The fraction of sp³-hybridized carbons (Fsp3) is 0.359. The third kappa shape index (κ3) is 20.4. The van der Waals surface area contributed by atoms with Gasteiger partial charge in [-0.05, 0) is 267 Å². The average molecular weight is 1460 g/mol. The number of nitrogens with zero attached hydrogens (tertiary/aromatic N) is 6. The van der Waals surface area contributed by atoms with E-state index >= 15 is 0 Å². The molecule has 0 radical (unpaired) electrons. The van der Waals surface area contributed by atoms with Crippen molar-refractivity contribution in [3.63, 3.8) is 0 Å². The van der Waals surface area contributed by atoms with Crippen LogP contribution in [0.3, 0.4) is 0 Å². The predicted molar refractivity (Wildman–Crippen MR) is 457 cm³/mol. The van der Waals surface area contributed by atoms with Gasteiger partial charge in [0.1, 0.15) is 35.2 Å². The lowest BCUT2D eigenvalue weighted by molar-refractivity contribution is -0.661. The fourth-order valence-electron chi connectivity index (χ4n) is 17.0. The number of benzene rings is 6. The van der Waals surface area contributed by atoms with Crippen LogP contribution < -0.4 is 22.8 Å². The van der Waals surface area contributed by atoms with E-state index in [-0.39, 0.29) is 11.1 Å². The van der Waals surface area contributed by atoms with Crippen molar-refractivity contribution in [3.05, 3.63) is 320 Å². The molecule has 109 heavy (non-hydrogen) atoms. The summed E-state index contributed by atoms with van der Waals surface area (Å²) < 4.78 is 78.7. The minimum atomic E-state index is -2.48. The first-order chi connectivity index (χ1) is 56.2. The smallest absolute Gasteiger partial charge is 0.212 e. The summed E-state index contributed by atoms with van der Waals surface area (Å²) >= 11 is 0. The molecule has 0 saturated heterocycles. The highest BCUT2D eigenvalue weighted by atomic mass is 14.9. The fourth-order valence-corrected chi connectivity index (χ4v) is 17.0. The number of aryl methyl sites for hydroxylation is 17. The minimum Gasteiger partial charge on any atom is -0.256 e. The van der Waals surface area contributed by atoms with Gasteiger partial charge in [0.15, 0.2) is 31.0 Å². The number of aromatic nitrogens is 6. The molecule has 4 aliphatic rings. The summed E-state index contributed by atoms with van der Waals surface area (Å²) in [5.74, 6) is 3.13. The lowest BCUT2D eigenvalue weighted by Gasteiger charge is -2.14. The molecule has 6 heterocycles. The van der Waals surface area contributed by atoms with Crippen LogP contribution in [0.5, 0.6) is 0 Å². The van der Waals surface area contributed by atoms with Gasteiger partial charge in [0.05, 0.1) is 5.69 Å². The molecule has 6 aromatic carbocycles. The molecule has 6 nitrogen and oxygen atoms in total. The first-order valence-corrected chi connectivity index (χ1v) is 40.1. The van der Waals surface area contributed by atoms with Crippen LogP contribution in [0.2, 0.25) is 0 Å². The summed E-state index contributed by atoms with van der Waals surface area (Å²) in [6.07, 6.45) is 34.2. The molecule has 16 rings (SSSR count). The van der Waals surface area contributed by atoms with E-state index in [1.807, 2.05) is 75.4 Å². The summed E-state index contributed by atoms with van der Waals surface area (Å²) in [6.45, 7) is 12.0. The van der Waals surface area contributed by atoms with E-state index < -0.39 is 20.6 Å². The summed E-state index contributed by atoms with van der Waals surface area (Å²) in [5, 5.41) is 0. The SMILES string of the molecule is Cc1ccccc1-c1cc(C)c(C2CCCC2)c[n+]1C.Cc1ccccc1-c1cc(C2CCCC2)c(C)c[n+]1C.Cc1ccccc1-c1cc(C2CCCC2)cc[n+]1C.Cc1ccccc1-c1ccc(C2CCCC2)c[n+]1C.[2H]C([2H])([2H])c1cc(-c2ccccc2C)[n+](C)cc1C([2H])([2H])[2H].[2H]C([2H])([2H])c1cnc(-c2ccccc2C)cc1C. The van der Waals surface area contributed by atoms with E-state index in [1.54, 1.807) is 22.7 Å². The summed E-state index contributed by atoms with van der Waals surface area (Å²) in [5.41, 5.74) is 31.5. The second-order valence-electron chi connectivity index (χ2n) is 31.5. The molecule has 0 aliphatic heterocycles. The van der Waals surface area contributed by atoms with Crippen LogP contribution in [0.1, 0.15) is 228 Å². The Labute approximate surface area is 669 Å². The van der Waals surface area contributed by atoms with Gasteiger partial charge >= 0.3 is 0 Å². The molecule has 4 saturated carbocycles. The highest BCUT2D eigenvalue weighted by Gasteiger charge is 2.27. The highest BCUT2D eigenvalue weighted by Crippen LogP contribution is 2.40. The van der Waals surface area contributed by atoms with Gasteiger partial charge in [0.25, 0.3) is 0 Å². The van der Waals surface area contributed by atoms with Crippen molar-refractivity contribution in [1.29, 1.82) is 0 Å².